The molecule has 0 radical (unpaired) electrons. The van der Waals surface area contributed by atoms with Gasteiger partial charge in [-0.1, -0.05) is 0 Å². The van der Waals surface area contributed by atoms with Gasteiger partial charge < -0.3 is 15.5 Å². The second kappa shape index (κ2) is 6.63. The van der Waals surface area contributed by atoms with Crippen molar-refractivity contribution in [1.82, 2.24) is 10.3 Å². The summed E-state index contributed by atoms with van der Waals surface area (Å²) >= 11 is 1.00. The van der Waals surface area contributed by atoms with Crippen molar-refractivity contribution in [3.8, 4) is 0 Å². The van der Waals surface area contributed by atoms with Crippen LogP contribution in [0.15, 0.2) is 5.38 Å². The van der Waals surface area contributed by atoms with Gasteiger partial charge in [-0.05, 0) is 0 Å². The molecular weight excluding hydrogens is 310 g/mol. The third-order valence-corrected chi connectivity index (χ3v) is 3.48. The highest BCUT2D eigenvalue weighted by Gasteiger charge is 2.19. The molecule has 0 bridgehead atoms. The number of amides is 1. The lowest BCUT2D eigenvalue weighted by atomic mass is 10.2. The number of rotatable bonds is 7. The number of sulfonamides is 1. The summed E-state index contributed by atoms with van der Waals surface area (Å²) in [7, 11) is -3.44. The first-order valence-electron chi connectivity index (χ1n) is 5.26. The van der Waals surface area contributed by atoms with E-state index in [0.717, 1.165) is 17.6 Å². The Morgan fingerprint density at radius 2 is 2.15 bits per heavy atom. The number of nitrogens with one attached hydrogen (secondary N) is 2. The number of carboxylic acid groups (broad SMARTS) is 1. The molecule has 112 valence electrons. The Morgan fingerprint density at radius 1 is 1.50 bits per heavy atom. The predicted octanol–water partition coefficient (Wildman–Crippen LogP) is -1.38. The van der Waals surface area contributed by atoms with Crippen LogP contribution < -0.4 is 10.0 Å². The molecule has 1 heterocycles. The van der Waals surface area contributed by atoms with Crippen molar-refractivity contribution in [3.63, 3.8) is 0 Å². The van der Waals surface area contributed by atoms with E-state index in [1.165, 1.54) is 5.38 Å². The average Bonchev–Trinajstić information content (AvgIpc) is 2.70. The van der Waals surface area contributed by atoms with E-state index in [9.17, 15) is 18.0 Å². The SMILES string of the molecule is CS(=O)(=O)Nc1nc(CC(=O)N[C@H](CO)C(=O)O)cs1. The first-order chi connectivity index (χ1) is 9.21. The molecule has 0 fully saturated rings. The van der Waals surface area contributed by atoms with Crippen LogP contribution >= 0.6 is 11.3 Å². The molecule has 0 unspecified atom stereocenters. The van der Waals surface area contributed by atoms with Crippen LogP contribution in [0.4, 0.5) is 5.13 Å². The number of anilines is 1. The van der Waals surface area contributed by atoms with Gasteiger partial charge in [-0.2, -0.15) is 0 Å². The van der Waals surface area contributed by atoms with Crippen LogP contribution in [0.1, 0.15) is 5.69 Å². The van der Waals surface area contributed by atoms with Crippen molar-refractivity contribution < 1.29 is 28.2 Å². The van der Waals surface area contributed by atoms with E-state index in [-0.39, 0.29) is 11.6 Å². The maximum Gasteiger partial charge on any atom is 0.328 e. The lowest BCUT2D eigenvalue weighted by molar-refractivity contribution is -0.142. The minimum absolute atomic E-state index is 0.118. The fraction of sp³-hybridized carbons (Fsp3) is 0.444. The summed E-state index contributed by atoms with van der Waals surface area (Å²) in [4.78, 5) is 26.0. The number of aliphatic hydroxyl groups is 1. The number of aliphatic hydroxyl groups excluding tert-OH is 1. The zero-order valence-electron chi connectivity index (χ0n) is 10.4. The second-order valence-corrected chi connectivity index (χ2v) is 6.44. The largest absolute Gasteiger partial charge is 0.480 e. The van der Waals surface area contributed by atoms with Gasteiger partial charge in [-0.3, -0.25) is 9.52 Å². The lowest BCUT2D eigenvalue weighted by Gasteiger charge is -2.10. The van der Waals surface area contributed by atoms with Gasteiger partial charge in [-0.25, -0.2) is 18.2 Å². The Kier molecular flexibility index (Phi) is 5.42. The highest BCUT2D eigenvalue weighted by molar-refractivity contribution is 7.92. The smallest absolute Gasteiger partial charge is 0.328 e. The number of aliphatic carboxylic acids is 1. The van der Waals surface area contributed by atoms with Gasteiger partial charge in [0.1, 0.15) is 6.04 Å². The minimum atomic E-state index is -3.44. The number of nitrogens with zero attached hydrogens (tertiary/aromatic N) is 1. The Morgan fingerprint density at radius 3 is 2.65 bits per heavy atom. The zero-order valence-corrected chi connectivity index (χ0v) is 12.0. The van der Waals surface area contributed by atoms with Crippen molar-refractivity contribution in [1.29, 1.82) is 0 Å². The summed E-state index contributed by atoms with van der Waals surface area (Å²) in [6.07, 6.45) is 0.755. The number of thiazole rings is 1. The van der Waals surface area contributed by atoms with Crippen molar-refractivity contribution in [2.75, 3.05) is 17.6 Å². The zero-order chi connectivity index (χ0) is 15.3. The molecule has 0 aromatic carbocycles. The van der Waals surface area contributed by atoms with Gasteiger partial charge in [0.05, 0.1) is 25.0 Å². The Balaban J connectivity index is 2.61. The molecule has 1 amide bonds. The van der Waals surface area contributed by atoms with Crippen molar-refractivity contribution in [3.05, 3.63) is 11.1 Å². The summed E-state index contributed by atoms with van der Waals surface area (Å²) in [5.74, 6) is -1.98. The summed E-state index contributed by atoms with van der Waals surface area (Å²) in [5, 5.41) is 21.1. The number of aromatic nitrogens is 1. The monoisotopic (exact) mass is 323 g/mol. The average molecular weight is 323 g/mol. The van der Waals surface area contributed by atoms with Gasteiger partial charge in [0, 0.05) is 5.38 Å². The van der Waals surface area contributed by atoms with Crippen LogP contribution in [0, 0.1) is 0 Å². The molecule has 1 aromatic heterocycles. The first-order valence-corrected chi connectivity index (χ1v) is 8.03. The summed E-state index contributed by atoms with van der Waals surface area (Å²) in [5.41, 5.74) is 0.292. The minimum Gasteiger partial charge on any atom is -0.480 e. The molecule has 0 aliphatic rings. The van der Waals surface area contributed by atoms with Crippen LogP contribution in [-0.4, -0.2) is 54.4 Å². The van der Waals surface area contributed by atoms with E-state index in [1.54, 1.807) is 0 Å². The van der Waals surface area contributed by atoms with Crippen molar-refractivity contribution in [2.24, 2.45) is 0 Å². The van der Waals surface area contributed by atoms with Crippen LogP contribution in [-0.2, 0) is 26.0 Å². The molecule has 0 saturated carbocycles. The standard InChI is InChI=1S/C9H13N3O6S2/c1-20(17,18)12-9-10-5(4-19-9)2-7(14)11-6(3-13)8(15)16/h4,6,13H,2-3H2,1H3,(H,10,12)(H,11,14)(H,15,16)/t6-/m1/s1. The Bertz CT molecular complexity index is 597. The fourth-order valence-electron chi connectivity index (χ4n) is 1.19. The van der Waals surface area contributed by atoms with E-state index >= 15 is 0 Å². The second-order valence-electron chi connectivity index (χ2n) is 3.84. The van der Waals surface area contributed by atoms with Gasteiger partial charge >= 0.3 is 5.97 Å². The predicted molar refractivity (Wildman–Crippen MR) is 70.9 cm³/mol. The lowest BCUT2D eigenvalue weighted by Crippen LogP contribution is -2.43. The van der Waals surface area contributed by atoms with E-state index in [2.05, 4.69) is 15.0 Å². The van der Waals surface area contributed by atoms with Gasteiger partial charge in [-0.15, -0.1) is 11.3 Å². The quantitative estimate of drug-likeness (QED) is 0.483. The first kappa shape index (κ1) is 16.3. The molecule has 0 aliphatic carbocycles. The molecule has 4 N–H and O–H groups in total. The van der Waals surface area contributed by atoms with Crippen molar-refractivity contribution in [2.45, 2.75) is 12.5 Å². The molecule has 11 heteroatoms. The third-order valence-electron chi connectivity index (χ3n) is 1.98. The van der Waals surface area contributed by atoms with E-state index in [4.69, 9.17) is 10.2 Å². The van der Waals surface area contributed by atoms with Gasteiger partial charge in [0.15, 0.2) is 5.13 Å². The molecule has 1 rings (SSSR count). The molecule has 9 nitrogen and oxygen atoms in total. The van der Waals surface area contributed by atoms with Gasteiger partial charge in [0.25, 0.3) is 0 Å². The van der Waals surface area contributed by atoms with Crippen LogP contribution in [0.5, 0.6) is 0 Å². The number of hydrogen-bond acceptors (Lipinski definition) is 7. The Hall–Kier alpha value is -1.72. The molecule has 1 atom stereocenters. The van der Waals surface area contributed by atoms with Gasteiger partial charge in [0.2, 0.25) is 15.9 Å². The third kappa shape index (κ3) is 5.50. The van der Waals surface area contributed by atoms with Crippen LogP contribution in [0.3, 0.4) is 0 Å². The molecule has 20 heavy (non-hydrogen) atoms. The number of carboxylic acids is 1. The fourth-order valence-corrected chi connectivity index (χ4v) is 2.75. The highest BCUT2D eigenvalue weighted by Crippen LogP contribution is 2.16. The molecular formula is C9H13N3O6S2. The maximum atomic E-state index is 11.5. The van der Waals surface area contributed by atoms with Crippen LogP contribution in [0.25, 0.3) is 0 Å². The highest BCUT2D eigenvalue weighted by atomic mass is 32.2. The number of carbonyl (C=O) groups is 2. The molecule has 1 aromatic rings. The summed E-state index contributed by atoms with van der Waals surface area (Å²) in [6.45, 7) is -0.723. The topological polar surface area (TPSA) is 146 Å². The molecule has 0 saturated heterocycles. The summed E-state index contributed by atoms with van der Waals surface area (Å²) in [6, 6.07) is -1.38. The number of carbonyl (C=O) groups excluding carboxylic acids is 1. The Labute approximate surface area is 118 Å². The maximum absolute atomic E-state index is 11.5. The summed E-state index contributed by atoms with van der Waals surface area (Å²) < 4.78 is 24.1. The van der Waals surface area contributed by atoms with Crippen molar-refractivity contribution >= 4 is 38.4 Å². The molecule has 0 spiro atoms. The van der Waals surface area contributed by atoms with E-state index in [1.807, 2.05) is 0 Å². The number of hydrogen-bond donors (Lipinski definition) is 4. The van der Waals surface area contributed by atoms with E-state index in [0.29, 0.717) is 5.69 Å². The normalized spacial score (nSPS) is 12.7. The molecule has 0 aliphatic heterocycles. The van der Waals surface area contributed by atoms with Crippen LogP contribution in [0.2, 0.25) is 0 Å². The van der Waals surface area contributed by atoms with E-state index < -0.39 is 34.5 Å².